The largest absolute Gasteiger partial charge is 0.495 e. The third-order valence-electron chi connectivity index (χ3n) is 3.69. The summed E-state index contributed by atoms with van der Waals surface area (Å²) in [4.78, 5) is 17.0. The summed E-state index contributed by atoms with van der Waals surface area (Å²) in [7, 11) is 1.57. The molecule has 0 bridgehead atoms. The zero-order valence-corrected chi connectivity index (χ0v) is 14.1. The number of ether oxygens (including phenoxy) is 1. The minimum absolute atomic E-state index is 0.257. The van der Waals surface area contributed by atoms with E-state index in [1.165, 1.54) is 0 Å². The van der Waals surface area contributed by atoms with Gasteiger partial charge in [-0.15, -0.1) is 0 Å². The first-order chi connectivity index (χ1) is 12.2. The highest BCUT2D eigenvalue weighted by Crippen LogP contribution is 2.25. The van der Waals surface area contributed by atoms with E-state index in [1.807, 2.05) is 43.3 Å². The molecule has 1 aromatic heterocycles. The van der Waals surface area contributed by atoms with Crippen molar-refractivity contribution >= 4 is 23.1 Å². The molecule has 126 valence electrons. The van der Waals surface area contributed by atoms with Crippen LogP contribution in [0.25, 0.3) is 0 Å². The first kappa shape index (κ1) is 16.5. The van der Waals surface area contributed by atoms with Crippen molar-refractivity contribution < 1.29 is 9.53 Å². The van der Waals surface area contributed by atoms with Gasteiger partial charge in [0.1, 0.15) is 11.6 Å². The first-order valence-electron chi connectivity index (χ1n) is 7.90. The Morgan fingerprint density at radius 1 is 1.04 bits per heavy atom. The molecule has 3 aromatic rings. The lowest BCUT2D eigenvalue weighted by Gasteiger charge is -2.13. The average Bonchev–Trinajstić information content (AvgIpc) is 2.62. The second kappa shape index (κ2) is 7.49. The van der Waals surface area contributed by atoms with E-state index >= 15 is 0 Å². The molecule has 0 fully saturated rings. The maximum absolute atomic E-state index is 12.7. The number of hydrogen-bond donors (Lipinski definition) is 2. The van der Waals surface area contributed by atoms with Crippen LogP contribution in [0.1, 0.15) is 15.9 Å². The Morgan fingerprint density at radius 3 is 2.68 bits per heavy atom. The van der Waals surface area contributed by atoms with E-state index in [2.05, 4.69) is 15.6 Å². The van der Waals surface area contributed by atoms with Crippen LogP contribution in [0.5, 0.6) is 5.75 Å². The van der Waals surface area contributed by atoms with Crippen LogP contribution in [-0.2, 0) is 0 Å². The molecule has 5 heteroatoms. The number of para-hydroxylation sites is 2. The first-order valence-corrected chi connectivity index (χ1v) is 7.90. The maximum atomic E-state index is 12.7. The van der Waals surface area contributed by atoms with Gasteiger partial charge in [0.05, 0.1) is 18.4 Å². The van der Waals surface area contributed by atoms with E-state index in [1.54, 1.807) is 37.6 Å². The number of pyridine rings is 1. The van der Waals surface area contributed by atoms with Crippen molar-refractivity contribution in [1.29, 1.82) is 0 Å². The van der Waals surface area contributed by atoms with Crippen LogP contribution in [0.15, 0.2) is 66.9 Å². The molecule has 2 aromatic carbocycles. The Balaban J connectivity index is 1.86. The molecule has 0 saturated carbocycles. The zero-order valence-electron chi connectivity index (χ0n) is 14.1. The second-order valence-electron chi connectivity index (χ2n) is 5.55. The van der Waals surface area contributed by atoms with Gasteiger partial charge in [-0.1, -0.05) is 24.3 Å². The molecule has 0 aliphatic rings. The normalized spacial score (nSPS) is 10.2. The van der Waals surface area contributed by atoms with E-state index in [4.69, 9.17) is 4.74 Å². The van der Waals surface area contributed by atoms with Gasteiger partial charge in [0.15, 0.2) is 0 Å². The Kier molecular flexibility index (Phi) is 4.95. The number of amides is 1. The van der Waals surface area contributed by atoms with Gasteiger partial charge in [-0.2, -0.15) is 0 Å². The minimum atomic E-state index is -0.257. The molecule has 0 atom stereocenters. The number of aromatic nitrogens is 1. The van der Waals surface area contributed by atoms with Crippen molar-refractivity contribution in [1.82, 2.24) is 4.98 Å². The number of carbonyl (C=O) groups is 1. The maximum Gasteiger partial charge on any atom is 0.259 e. The van der Waals surface area contributed by atoms with E-state index in [9.17, 15) is 4.79 Å². The molecule has 2 N–H and O–H groups in total. The average molecular weight is 333 g/mol. The molecule has 0 aliphatic carbocycles. The van der Waals surface area contributed by atoms with E-state index < -0.39 is 0 Å². The van der Waals surface area contributed by atoms with Gasteiger partial charge in [-0.25, -0.2) is 4.98 Å². The van der Waals surface area contributed by atoms with Gasteiger partial charge in [-0.05, 0) is 48.9 Å². The van der Waals surface area contributed by atoms with Crippen LogP contribution in [-0.4, -0.2) is 18.0 Å². The molecule has 0 unspecified atom stereocenters. The summed E-state index contributed by atoms with van der Waals surface area (Å²) in [5.74, 6) is 0.848. The Hall–Kier alpha value is -3.34. The summed E-state index contributed by atoms with van der Waals surface area (Å²) in [5, 5.41) is 6.08. The Morgan fingerprint density at radius 2 is 1.88 bits per heavy atom. The second-order valence-corrected chi connectivity index (χ2v) is 5.55. The third-order valence-corrected chi connectivity index (χ3v) is 3.69. The summed E-state index contributed by atoms with van der Waals surface area (Å²) >= 11 is 0. The summed E-state index contributed by atoms with van der Waals surface area (Å²) in [6.45, 7) is 2.01. The summed E-state index contributed by atoms with van der Waals surface area (Å²) in [5.41, 5.74) is 3.07. The molecule has 1 heterocycles. The topological polar surface area (TPSA) is 63.2 Å². The van der Waals surface area contributed by atoms with Crippen LogP contribution >= 0.6 is 0 Å². The molecule has 1 amide bonds. The fourth-order valence-electron chi connectivity index (χ4n) is 2.49. The zero-order chi connectivity index (χ0) is 17.6. The molecule has 3 rings (SSSR count). The van der Waals surface area contributed by atoms with Gasteiger partial charge in [0.25, 0.3) is 5.91 Å². The van der Waals surface area contributed by atoms with Crippen LogP contribution in [0.4, 0.5) is 17.2 Å². The lowest BCUT2D eigenvalue weighted by Crippen LogP contribution is -2.15. The fourth-order valence-corrected chi connectivity index (χ4v) is 2.49. The number of aryl methyl sites for hydroxylation is 1. The quantitative estimate of drug-likeness (QED) is 0.727. The molecular formula is C20H19N3O2. The lowest BCUT2D eigenvalue weighted by atomic mass is 10.2. The van der Waals surface area contributed by atoms with Crippen molar-refractivity contribution in [2.24, 2.45) is 0 Å². The number of nitrogens with one attached hydrogen (secondary N) is 2. The van der Waals surface area contributed by atoms with E-state index in [0.29, 0.717) is 22.8 Å². The van der Waals surface area contributed by atoms with Crippen LogP contribution in [0.2, 0.25) is 0 Å². The number of carbonyl (C=O) groups excluding carboxylic acids is 1. The van der Waals surface area contributed by atoms with Crippen molar-refractivity contribution in [2.45, 2.75) is 6.92 Å². The number of rotatable bonds is 5. The van der Waals surface area contributed by atoms with E-state index in [-0.39, 0.29) is 5.91 Å². The van der Waals surface area contributed by atoms with Gasteiger partial charge in [0.2, 0.25) is 0 Å². The van der Waals surface area contributed by atoms with Crippen molar-refractivity contribution in [3.8, 4) is 5.75 Å². The van der Waals surface area contributed by atoms with Crippen LogP contribution in [0, 0.1) is 6.92 Å². The summed E-state index contributed by atoms with van der Waals surface area (Å²) in [6, 6.07) is 18.6. The predicted molar refractivity (Wildman–Crippen MR) is 99.6 cm³/mol. The van der Waals surface area contributed by atoms with Crippen molar-refractivity contribution in [3.63, 3.8) is 0 Å². The Bertz CT molecular complexity index is 893. The molecule has 0 spiro atoms. The smallest absolute Gasteiger partial charge is 0.259 e. The Labute approximate surface area is 146 Å². The number of hydrogen-bond acceptors (Lipinski definition) is 4. The van der Waals surface area contributed by atoms with Gasteiger partial charge < -0.3 is 15.4 Å². The van der Waals surface area contributed by atoms with Gasteiger partial charge >= 0.3 is 0 Å². The van der Waals surface area contributed by atoms with Crippen LogP contribution in [0.3, 0.4) is 0 Å². The van der Waals surface area contributed by atoms with Crippen molar-refractivity contribution in [2.75, 3.05) is 17.7 Å². The molecule has 0 aliphatic heterocycles. The molecule has 0 radical (unpaired) electrons. The van der Waals surface area contributed by atoms with Crippen LogP contribution < -0.4 is 15.4 Å². The highest BCUT2D eigenvalue weighted by molar-refractivity contribution is 6.08. The predicted octanol–water partition coefficient (Wildman–Crippen LogP) is 4.39. The summed E-state index contributed by atoms with van der Waals surface area (Å²) in [6.07, 6.45) is 1.65. The monoisotopic (exact) mass is 333 g/mol. The molecular weight excluding hydrogens is 314 g/mol. The fraction of sp³-hybridized carbons (Fsp3) is 0.100. The standard InChI is InChI=1S/C20H19N3O2/c1-14-7-5-8-15(13-14)22-19-16(9-6-12-21-19)20(24)23-17-10-3-4-11-18(17)25-2/h3-13H,1-2H3,(H,21,22)(H,23,24). The number of methoxy groups -OCH3 is 1. The minimum Gasteiger partial charge on any atom is -0.495 e. The van der Waals surface area contributed by atoms with Gasteiger partial charge in [-0.3, -0.25) is 4.79 Å². The number of benzene rings is 2. The lowest BCUT2D eigenvalue weighted by molar-refractivity contribution is 0.102. The van der Waals surface area contributed by atoms with Crippen molar-refractivity contribution in [3.05, 3.63) is 78.0 Å². The number of nitrogens with zero attached hydrogens (tertiary/aromatic N) is 1. The van der Waals surface area contributed by atoms with Gasteiger partial charge in [0, 0.05) is 11.9 Å². The third kappa shape index (κ3) is 3.95. The molecule has 5 nitrogen and oxygen atoms in total. The number of anilines is 3. The highest BCUT2D eigenvalue weighted by atomic mass is 16.5. The van der Waals surface area contributed by atoms with E-state index in [0.717, 1.165) is 11.3 Å². The highest BCUT2D eigenvalue weighted by Gasteiger charge is 2.14. The molecule has 0 saturated heterocycles. The SMILES string of the molecule is COc1ccccc1NC(=O)c1cccnc1Nc1cccc(C)c1. The summed E-state index contributed by atoms with van der Waals surface area (Å²) < 4.78 is 5.28. The molecule has 25 heavy (non-hydrogen) atoms.